The molecule has 0 bridgehead atoms. The van der Waals surface area contributed by atoms with Gasteiger partial charge in [-0.15, -0.1) is 0 Å². The van der Waals surface area contributed by atoms with Crippen molar-refractivity contribution < 1.29 is 9.90 Å². The third-order valence-corrected chi connectivity index (χ3v) is 3.29. The fraction of sp³-hybridized carbons (Fsp3) is 0.909. The van der Waals surface area contributed by atoms with Crippen LogP contribution in [0, 0.1) is 11.8 Å². The van der Waals surface area contributed by atoms with Gasteiger partial charge in [-0.05, 0) is 18.8 Å². The van der Waals surface area contributed by atoms with Crippen molar-refractivity contribution in [2.75, 3.05) is 6.54 Å². The molecule has 3 heteroatoms. The highest BCUT2D eigenvalue weighted by Gasteiger charge is 2.26. The fourth-order valence-electron chi connectivity index (χ4n) is 2.38. The molecule has 1 aliphatic carbocycles. The Labute approximate surface area is 85.7 Å². The van der Waals surface area contributed by atoms with E-state index in [4.69, 9.17) is 10.8 Å². The summed E-state index contributed by atoms with van der Waals surface area (Å²) in [6, 6.07) is 0. The van der Waals surface area contributed by atoms with Gasteiger partial charge in [0.25, 0.3) is 0 Å². The standard InChI is InChI=1S/C11H21NO2/c12-8-10(11(13)14)9-6-4-2-1-3-5-7-9/h9-10H,1-8,12H2,(H,13,14). The summed E-state index contributed by atoms with van der Waals surface area (Å²) in [6.45, 7) is 0.292. The zero-order valence-corrected chi connectivity index (χ0v) is 8.74. The van der Waals surface area contributed by atoms with Gasteiger partial charge in [0.05, 0.1) is 5.92 Å². The highest BCUT2D eigenvalue weighted by atomic mass is 16.4. The molecule has 1 saturated carbocycles. The molecule has 0 aromatic carbocycles. The molecule has 1 fully saturated rings. The smallest absolute Gasteiger partial charge is 0.308 e. The Hall–Kier alpha value is -0.570. The van der Waals surface area contributed by atoms with Gasteiger partial charge >= 0.3 is 5.97 Å². The molecule has 0 amide bonds. The highest BCUT2D eigenvalue weighted by molar-refractivity contribution is 5.70. The van der Waals surface area contributed by atoms with Gasteiger partial charge in [-0.1, -0.05) is 32.1 Å². The van der Waals surface area contributed by atoms with E-state index in [1.807, 2.05) is 0 Å². The van der Waals surface area contributed by atoms with Crippen molar-refractivity contribution in [3.63, 3.8) is 0 Å². The molecule has 0 heterocycles. The average Bonchev–Trinajstić information content (AvgIpc) is 2.08. The Kier molecular flexibility index (Phi) is 4.94. The van der Waals surface area contributed by atoms with Crippen molar-refractivity contribution in [1.82, 2.24) is 0 Å². The summed E-state index contributed by atoms with van der Waals surface area (Å²) in [5.41, 5.74) is 5.51. The maximum absolute atomic E-state index is 10.9. The molecule has 0 radical (unpaired) electrons. The van der Waals surface area contributed by atoms with Crippen LogP contribution in [-0.2, 0) is 4.79 Å². The molecule has 3 N–H and O–H groups in total. The minimum absolute atomic E-state index is 0.292. The first-order valence-electron chi connectivity index (χ1n) is 5.68. The molecule has 14 heavy (non-hydrogen) atoms. The summed E-state index contributed by atoms with van der Waals surface area (Å²) < 4.78 is 0. The van der Waals surface area contributed by atoms with E-state index in [0.717, 1.165) is 12.8 Å². The molecule has 0 aliphatic heterocycles. The largest absolute Gasteiger partial charge is 0.481 e. The van der Waals surface area contributed by atoms with Crippen LogP contribution in [0.2, 0.25) is 0 Å². The molecule has 0 spiro atoms. The van der Waals surface area contributed by atoms with E-state index in [-0.39, 0.29) is 5.92 Å². The topological polar surface area (TPSA) is 63.3 Å². The predicted molar refractivity (Wildman–Crippen MR) is 56.0 cm³/mol. The van der Waals surface area contributed by atoms with E-state index in [1.165, 1.54) is 32.1 Å². The van der Waals surface area contributed by atoms with Gasteiger partial charge in [-0.2, -0.15) is 0 Å². The lowest BCUT2D eigenvalue weighted by molar-refractivity contribution is -0.143. The van der Waals surface area contributed by atoms with Gasteiger partial charge in [0, 0.05) is 6.54 Å². The maximum Gasteiger partial charge on any atom is 0.308 e. The molecule has 0 aromatic heterocycles. The van der Waals surface area contributed by atoms with E-state index in [0.29, 0.717) is 12.5 Å². The Morgan fingerprint density at radius 1 is 1.21 bits per heavy atom. The molecule has 82 valence electrons. The predicted octanol–water partition coefficient (Wildman–Crippen LogP) is 2.01. The quantitative estimate of drug-likeness (QED) is 0.730. The molecule has 1 atom stereocenters. The number of hydrogen-bond acceptors (Lipinski definition) is 2. The first-order chi connectivity index (χ1) is 6.75. The third kappa shape index (κ3) is 3.29. The number of carboxylic acids is 1. The van der Waals surface area contributed by atoms with E-state index < -0.39 is 5.97 Å². The van der Waals surface area contributed by atoms with Gasteiger partial charge in [-0.25, -0.2) is 0 Å². The highest BCUT2D eigenvalue weighted by Crippen LogP contribution is 2.28. The number of nitrogens with two attached hydrogens (primary N) is 1. The zero-order chi connectivity index (χ0) is 10.4. The first kappa shape index (κ1) is 11.5. The summed E-state index contributed by atoms with van der Waals surface area (Å²) in [5, 5.41) is 9.01. The second-order valence-corrected chi connectivity index (χ2v) is 4.29. The van der Waals surface area contributed by atoms with Crippen molar-refractivity contribution in [2.24, 2.45) is 17.6 Å². The average molecular weight is 199 g/mol. The van der Waals surface area contributed by atoms with Crippen LogP contribution in [0.4, 0.5) is 0 Å². The molecule has 1 rings (SSSR count). The second kappa shape index (κ2) is 6.02. The summed E-state index contributed by atoms with van der Waals surface area (Å²) in [7, 11) is 0. The second-order valence-electron chi connectivity index (χ2n) is 4.29. The normalized spacial score (nSPS) is 22.4. The Balaban J connectivity index is 2.48. The lowest BCUT2D eigenvalue weighted by Gasteiger charge is -2.24. The minimum atomic E-state index is -0.710. The summed E-state index contributed by atoms with van der Waals surface area (Å²) in [4.78, 5) is 10.9. The molecule has 0 saturated heterocycles. The Morgan fingerprint density at radius 2 is 1.71 bits per heavy atom. The number of carbonyl (C=O) groups is 1. The number of hydrogen-bond donors (Lipinski definition) is 2. The van der Waals surface area contributed by atoms with Crippen molar-refractivity contribution in [2.45, 2.75) is 44.9 Å². The van der Waals surface area contributed by atoms with E-state index in [9.17, 15) is 4.79 Å². The molecular formula is C11H21NO2. The van der Waals surface area contributed by atoms with Crippen molar-refractivity contribution in [3.8, 4) is 0 Å². The van der Waals surface area contributed by atoms with E-state index in [2.05, 4.69) is 0 Å². The molecule has 3 nitrogen and oxygen atoms in total. The van der Waals surface area contributed by atoms with Gasteiger partial charge in [0.1, 0.15) is 0 Å². The van der Waals surface area contributed by atoms with Gasteiger partial charge < -0.3 is 10.8 Å². The summed E-state index contributed by atoms with van der Waals surface area (Å²) >= 11 is 0. The van der Waals surface area contributed by atoms with Gasteiger partial charge in [0.2, 0.25) is 0 Å². The first-order valence-corrected chi connectivity index (χ1v) is 5.68. The van der Waals surface area contributed by atoms with Crippen LogP contribution in [0.3, 0.4) is 0 Å². The lowest BCUT2D eigenvalue weighted by atomic mass is 9.82. The van der Waals surface area contributed by atoms with Crippen LogP contribution in [-0.4, -0.2) is 17.6 Å². The lowest BCUT2D eigenvalue weighted by Crippen LogP contribution is -2.31. The van der Waals surface area contributed by atoms with Crippen molar-refractivity contribution in [1.29, 1.82) is 0 Å². The number of aliphatic carboxylic acids is 1. The molecular weight excluding hydrogens is 178 g/mol. The van der Waals surface area contributed by atoms with Crippen molar-refractivity contribution in [3.05, 3.63) is 0 Å². The zero-order valence-electron chi connectivity index (χ0n) is 8.74. The molecule has 1 aliphatic rings. The third-order valence-electron chi connectivity index (χ3n) is 3.29. The fourth-order valence-corrected chi connectivity index (χ4v) is 2.38. The molecule has 1 unspecified atom stereocenters. The van der Waals surface area contributed by atoms with Crippen LogP contribution < -0.4 is 5.73 Å². The van der Waals surface area contributed by atoms with Crippen molar-refractivity contribution >= 4 is 5.97 Å². The van der Waals surface area contributed by atoms with Crippen LogP contribution in [0.5, 0.6) is 0 Å². The van der Waals surface area contributed by atoms with Crippen LogP contribution in [0.15, 0.2) is 0 Å². The maximum atomic E-state index is 10.9. The number of carboxylic acid groups (broad SMARTS) is 1. The van der Waals surface area contributed by atoms with Crippen LogP contribution in [0.1, 0.15) is 44.9 Å². The SMILES string of the molecule is NCC(C(=O)O)C1CCCCCCC1. The summed E-state index contributed by atoms with van der Waals surface area (Å²) in [6.07, 6.45) is 8.28. The van der Waals surface area contributed by atoms with Gasteiger partial charge in [-0.3, -0.25) is 4.79 Å². The van der Waals surface area contributed by atoms with E-state index >= 15 is 0 Å². The Bertz CT molecular complexity index is 174. The molecule has 0 aromatic rings. The van der Waals surface area contributed by atoms with E-state index in [1.54, 1.807) is 0 Å². The monoisotopic (exact) mass is 199 g/mol. The minimum Gasteiger partial charge on any atom is -0.481 e. The Morgan fingerprint density at radius 3 is 2.14 bits per heavy atom. The van der Waals surface area contributed by atoms with Crippen LogP contribution in [0.25, 0.3) is 0 Å². The van der Waals surface area contributed by atoms with Crippen LogP contribution >= 0.6 is 0 Å². The summed E-state index contributed by atoms with van der Waals surface area (Å²) in [5.74, 6) is -0.705. The van der Waals surface area contributed by atoms with Gasteiger partial charge in [0.15, 0.2) is 0 Å². The number of rotatable bonds is 3.